The number of thiophene rings is 1. The van der Waals surface area contributed by atoms with Gasteiger partial charge in [0, 0.05) is 36.5 Å². The van der Waals surface area contributed by atoms with Gasteiger partial charge in [0.25, 0.3) is 11.8 Å². The number of benzene rings is 2. The molecule has 2 aliphatic heterocycles. The second-order valence-electron chi connectivity index (χ2n) is 11.2. The van der Waals surface area contributed by atoms with Crippen LogP contribution in [0.15, 0.2) is 52.9 Å². The SMILES string of the molecule is Cc1nnc(-c2c(CCc3ccc(F)cc3F)nc3c(c2-c2ccc(C(=O)NCc4ccc(F)c(F)c4)s2)C(=O)N2CCC[C@H]32)o1. The van der Waals surface area contributed by atoms with Crippen molar-refractivity contribution in [3.8, 4) is 21.9 Å². The Kier molecular flexibility index (Phi) is 7.63. The minimum absolute atomic E-state index is 0.0281. The molecular formula is C33H25F4N5O3S. The third-order valence-electron chi connectivity index (χ3n) is 8.24. The minimum Gasteiger partial charge on any atom is -0.421 e. The van der Waals surface area contributed by atoms with Gasteiger partial charge in [0.15, 0.2) is 11.6 Å². The van der Waals surface area contributed by atoms with Crippen LogP contribution in [-0.4, -0.2) is 38.4 Å². The van der Waals surface area contributed by atoms with Crippen molar-refractivity contribution in [3.63, 3.8) is 0 Å². The fraction of sp³-hybridized carbons (Fsp3) is 0.242. The van der Waals surface area contributed by atoms with Gasteiger partial charge in [-0.05, 0) is 67.1 Å². The van der Waals surface area contributed by atoms with Crippen LogP contribution in [-0.2, 0) is 19.4 Å². The Labute approximate surface area is 264 Å². The lowest BCUT2D eigenvalue weighted by atomic mass is 9.93. The first-order valence-electron chi connectivity index (χ1n) is 14.6. The van der Waals surface area contributed by atoms with Gasteiger partial charge in [-0.25, -0.2) is 17.6 Å². The molecule has 1 atom stereocenters. The van der Waals surface area contributed by atoms with Crippen molar-refractivity contribution in [2.24, 2.45) is 0 Å². The van der Waals surface area contributed by atoms with Crippen LogP contribution in [0.25, 0.3) is 21.9 Å². The van der Waals surface area contributed by atoms with Gasteiger partial charge in [0.05, 0.1) is 33.4 Å². The van der Waals surface area contributed by atoms with Gasteiger partial charge < -0.3 is 14.6 Å². The van der Waals surface area contributed by atoms with E-state index in [4.69, 9.17) is 9.40 Å². The second-order valence-corrected chi connectivity index (χ2v) is 12.3. The van der Waals surface area contributed by atoms with Crippen LogP contribution >= 0.6 is 11.3 Å². The van der Waals surface area contributed by atoms with E-state index in [9.17, 15) is 27.2 Å². The molecule has 1 fully saturated rings. The maximum absolute atomic E-state index is 14.6. The molecule has 2 amide bonds. The summed E-state index contributed by atoms with van der Waals surface area (Å²) >= 11 is 1.14. The molecule has 1 saturated heterocycles. The van der Waals surface area contributed by atoms with Crippen LogP contribution in [0, 0.1) is 30.2 Å². The number of rotatable bonds is 8. The van der Waals surface area contributed by atoms with E-state index in [1.165, 1.54) is 18.2 Å². The van der Waals surface area contributed by atoms with Crippen LogP contribution < -0.4 is 5.32 Å². The Balaban J connectivity index is 1.31. The number of hydrogen-bond donors (Lipinski definition) is 1. The molecule has 234 valence electrons. The van der Waals surface area contributed by atoms with Crippen molar-refractivity contribution in [1.29, 1.82) is 0 Å². The second kappa shape index (κ2) is 11.8. The first-order chi connectivity index (χ1) is 22.2. The standard InChI is InChI=1S/C33H25F4N5O3S/c1-16-40-41-32(45-16)27-23(9-6-18-5-7-19(34)14-21(18)36)39-30-24-3-2-12-42(24)33(44)29(30)28(27)25-10-11-26(46-25)31(43)38-15-17-4-8-20(35)22(37)13-17/h4-5,7-8,10-11,13-14,24H,2-3,6,9,12,15H2,1H3,(H,38,43)/t24-/m1/s1. The molecule has 1 N–H and O–H groups in total. The van der Waals surface area contributed by atoms with Crippen molar-refractivity contribution in [2.45, 2.75) is 45.2 Å². The third kappa shape index (κ3) is 5.34. The fourth-order valence-corrected chi connectivity index (χ4v) is 7.08. The number of aryl methyl sites for hydroxylation is 3. The van der Waals surface area contributed by atoms with Gasteiger partial charge in [0.1, 0.15) is 11.6 Å². The number of nitrogens with one attached hydrogen (secondary N) is 1. The van der Waals surface area contributed by atoms with E-state index < -0.39 is 29.2 Å². The molecule has 5 heterocycles. The van der Waals surface area contributed by atoms with Crippen molar-refractivity contribution < 1.29 is 31.6 Å². The average Bonchev–Trinajstić information content (AvgIpc) is 3.84. The number of carbonyl (C=O) groups is 2. The topological polar surface area (TPSA) is 101 Å². The lowest BCUT2D eigenvalue weighted by Gasteiger charge is -2.16. The van der Waals surface area contributed by atoms with Crippen molar-refractivity contribution in [2.75, 3.05) is 6.54 Å². The maximum atomic E-state index is 14.6. The van der Waals surface area contributed by atoms with Gasteiger partial charge in [-0.15, -0.1) is 21.5 Å². The summed E-state index contributed by atoms with van der Waals surface area (Å²) in [5.41, 5.74) is 3.08. The Hall–Kier alpha value is -4.91. The molecule has 0 bridgehead atoms. The van der Waals surface area contributed by atoms with Gasteiger partial charge in [0.2, 0.25) is 11.8 Å². The summed E-state index contributed by atoms with van der Waals surface area (Å²) in [6, 6.07) is 9.93. The molecule has 3 aromatic heterocycles. The summed E-state index contributed by atoms with van der Waals surface area (Å²) in [6.07, 6.45) is 1.96. The van der Waals surface area contributed by atoms with E-state index in [0.29, 0.717) is 55.5 Å². The van der Waals surface area contributed by atoms with Crippen LogP contribution in [0.5, 0.6) is 0 Å². The molecule has 46 heavy (non-hydrogen) atoms. The number of nitrogens with zero attached hydrogens (tertiary/aromatic N) is 4. The van der Waals surface area contributed by atoms with Crippen molar-refractivity contribution >= 4 is 23.2 Å². The van der Waals surface area contributed by atoms with Crippen molar-refractivity contribution in [1.82, 2.24) is 25.4 Å². The maximum Gasteiger partial charge on any atom is 0.261 e. The minimum atomic E-state index is -1.01. The smallest absolute Gasteiger partial charge is 0.261 e. The quantitative estimate of drug-likeness (QED) is 0.188. The average molecular weight is 648 g/mol. The highest BCUT2D eigenvalue weighted by Crippen LogP contribution is 2.49. The number of hydrogen-bond acceptors (Lipinski definition) is 7. The first kappa shape index (κ1) is 29.8. The highest BCUT2D eigenvalue weighted by Gasteiger charge is 2.44. The number of pyridine rings is 1. The molecular weight excluding hydrogens is 622 g/mol. The first-order valence-corrected chi connectivity index (χ1v) is 15.4. The number of aromatic nitrogens is 3. The predicted molar refractivity (Wildman–Crippen MR) is 160 cm³/mol. The Bertz CT molecular complexity index is 2030. The van der Waals surface area contributed by atoms with Crippen molar-refractivity contribution in [3.05, 3.63) is 111 Å². The van der Waals surface area contributed by atoms with Crippen LogP contribution in [0.4, 0.5) is 17.6 Å². The van der Waals surface area contributed by atoms with Crippen LogP contribution in [0.2, 0.25) is 0 Å². The van der Waals surface area contributed by atoms with E-state index >= 15 is 0 Å². The highest BCUT2D eigenvalue weighted by atomic mass is 32.1. The predicted octanol–water partition coefficient (Wildman–Crippen LogP) is 6.73. The molecule has 5 aromatic rings. The molecule has 0 spiro atoms. The normalized spacial score (nSPS) is 15.4. The largest absolute Gasteiger partial charge is 0.421 e. The van der Waals surface area contributed by atoms with Gasteiger partial charge in [-0.2, -0.15) is 0 Å². The molecule has 13 heteroatoms. The lowest BCUT2D eigenvalue weighted by Crippen LogP contribution is -2.23. The lowest BCUT2D eigenvalue weighted by molar-refractivity contribution is 0.0776. The zero-order valence-corrected chi connectivity index (χ0v) is 25.2. The number of carbonyl (C=O) groups excluding carboxylic acids is 2. The van der Waals surface area contributed by atoms with E-state index in [0.717, 1.165) is 42.4 Å². The monoisotopic (exact) mass is 647 g/mol. The summed E-state index contributed by atoms with van der Waals surface area (Å²) in [6.45, 7) is 2.18. The Morgan fingerprint density at radius 2 is 1.83 bits per heavy atom. The van der Waals surface area contributed by atoms with E-state index in [1.807, 2.05) is 0 Å². The Morgan fingerprint density at radius 3 is 2.59 bits per heavy atom. The molecule has 2 aliphatic rings. The number of fused-ring (bicyclic) bond motifs is 3. The van der Waals surface area contributed by atoms with Gasteiger partial charge in [-0.3, -0.25) is 14.6 Å². The van der Waals surface area contributed by atoms with E-state index in [2.05, 4.69) is 15.5 Å². The number of amides is 2. The molecule has 0 radical (unpaired) electrons. The summed E-state index contributed by atoms with van der Waals surface area (Å²) in [7, 11) is 0. The number of halogens is 4. The summed E-state index contributed by atoms with van der Waals surface area (Å²) in [5, 5.41) is 11.0. The molecule has 0 aliphatic carbocycles. The van der Waals surface area contributed by atoms with E-state index in [1.54, 1.807) is 24.0 Å². The molecule has 2 aromatic carbocycles. The van der Waals surface area contributed by atoms with Crippen LogP contribution in [0.1, 0.15) is 67.3 Å². The van der Waals surface area contributed by atoms with Gasteiger partial charge >= 0.3 is 0 Å². The zero-order valence-electron chi connectivity index (χ0n) is 24.4. The molecule has 7 rings (SSSR count). The molecule has 0 saturated carbocycles. The molecule has 8 nitrogen and oxygen atoms in total. The zero-order chi connectivity index (χ0) is 32.1. The summed E-state index contributed by atoms with van der Waals surface area (Å²) in [5.74, 6) is -3.57. The highest BCUT2D eigenvalue weighted by molar-refractivity contribution is 7.17. The van der Waals surface area contributed by atoms with Gasteiger partial charge in [-0.1, -0.05) is 12.1 Å². The summed E-state index contributed by atoms with van der Waals surface area (Å²) in [4.78, 5) is 34.7. The summed E-state index contributed by atoms with van der Waals surface area (Å²) < 4.78 is 61.1. The van der Waals surface area contributed by atoms with E-state index in [-0.39, 0.29) is 43.1 Å². The molecule has 0 unspecified atom stereocenters. The third-order valence-corrected chi connectivity index (χ3v) is 9.34. The Morgan fingerprint density at radius 1 is 0.978 bits per heavy atom. The fourth-order valence-electron chi connectivity index (χ4n) is 6.10. The van der Waals surface area contributed by atoms with Crippen LogP contribution in [0.3, 0.4) is 0 Å².